The van der Waals surface area contributed by atoms with Crippen molar-refractivity contribution in [1.82, 2.24) is 0 Å². The molecule has 1 aromatic rings. The molecular weight excluding hydrogens is 228 g/mol. The second-order valence-electron chi connectivity index (χ2n) is 3.47. The molecule has 3 nitrogen and oxygen atoms in total. The lowest BCUT2D eigenvalue weighted by atomic mass is 10.2. The summed E-state index contributed by atoms with van der Waals surface area (Å²) in [7, 11) is 0. The standard InChI is InChI=1S/C15H18O3/c1-3-17-14-11-9-13(10-12-14)7-5-6-8-15(16)18-4-2/h5-12H,3-4H2,1-2H3. The van der Waals surface area contributed by atoms with E-state index in [-0.39, 0.29) is 5.97 Å². The zero-order valence-electron chi connectivity index (χ0n) is 10.8. The predicted octanol–water partition coefficient (Wildman–Crippen LogP) is 3.22. The molecule has 0 aliphatic carbocycles. The van der Waals surface area contributed by atoms with Gasteiger partial charge in [0.1, 0.15) is 5.75 Å². The van der Waals surface area contributed by atoms with Crippen LogP contribution in [0.4, 0.5) is 0 Å². The average Bonchev–Trinajstić information content (AvgIpc) is 2.37. The third-order valence-corrected chi connectivity index (χ3v) is 2.11. The summed E-state index contributed by atoms with van der Waals surface area (Å²) in [6.07, 6.45) is 6.76. The van der Waals surface area contributed by atoms with Crippen LogP contribution in [0.25, 0.3) is 6.08 Å². The third kappa shape index (κ3) is 5.34. The van der Waals surface area contributed by atoms with Crippen molar-refractivity contribution in [2.75, 3.05) is 13.2 Å². The normalized spacial score (nSPS) is 11.0. The fourth-order valence-corrected chi connectivity index (χ4v) is 1.33. The van der Waals surface area contributed by atoms with Crippen LogP contribution in [0.3, 0.4) is 0 Å². The van der Waals surface area contributed by atoms with Gasteiger partial charge in [0, 0.05) is 6.08 Å². The molecule has 0 unspecified atom stereocenters. The first kappa shape index (κ1) is 14.0. The van der Waals surface area contributed by atoms with E-state index in [4.69, 9.17) is 9.47 Å². The Kier molecular flexibility index (Phi) is 6.33. The van der Waals surface area contributed by atoms with Crippen molar-refractivity contribution >= 4 is 12.0 Å². The highest BCUT2D eigenvalue weighted by Crippen LogP contribution is 2.12. The summed E-state index contributed by atoms with van der Waals surface area (Å²) >= 11 is 0. The molecule has 0 aromatic heterocycles. The van der Waals surface area contributed by atoms with Gasteiger partial charge in [-0.2, -0.15) is 0 Å². The maximum Gasteiger partial charge on any atom is 0.330 e. The fourth-order valence-electron chi connectivity index (χ4n) is 1.33. The Labute approximate surface area is 108 Å². The first-order valence-electron chi connectivity index (χ1n) is 6.00. The molecule has 3 heteroatoms. The van der Waals surface area contributed by atoms with E-state index >= 15 is 0 Å². The van der Waals surface area contributed by atoms with E-state index in [1.54, 1.807) is 19.1 Å². The van der Waals surface area contributed by atoms with Gasteiger partial charge in [-0.3, -0.25) is 0 Å². The van der Waals surface area contributed by atoms with E-state index < -0.39 is 0 Å². The van der Waals surface area contributed by atoms with Crippen LogP contribution in [-0.4, -0.2) is 19.2 Å². The average molecular weight is 246 g/mol. The molecule has 0 N–H and O–H groups in total. The summed E-state index contributed by atoms with van der Waals surface area (Å²) in [6, 6.07) is 7.75. The quantitative estimate of drug-likeness (QED) is 0.439. The van der Waals surface area contributed by atoms with Crippen molar-refractivity contribution in [1.29, 1.82) is 0 Å². The minimum absolute atomic E-state index is 0.325. The number of carbonyl (C=O) groups is 1. The van der Waals surface area contributed by atoms with Crippen molar-refractivity contribution in [3.05, 3.63) is 48.1 Å². The predicted molar refractivity (Wildman–Crippen MR) is 72.4 cm³/mol. The van der Waals surface area contributed by atoms with Gasteiger partial charge in [0.05, 0.1) is 13.2 Å². The lowest BCUT2D eigenvalue weighted by Crippen LogP contribution is -1.98. The van der Waals surface area contributed by atoms with Gasteiger partial charge < -0.3 is 9.47 Å². The van der Waals surface area contributed by atoms with Crippen molar-refractivity contribution < 1.29 is 14.3 Å². The maximum atomic E-state index is 11.0. The zero-order chi connectivity index (χ0) is 13.2. The van der Waals surface area contributed by atoms with Gasteiger partial charge in [0.2, 0.25) is 0 Å². The van der Waals surface area contributed by atoms with Crippen LogP contribution in [0.5, 0.6) is 5.75 Å². The molecule has 0 saturated carbocycles. The van der Waals surface area contributed by atoms with Crippen molar-refractivity contribution in [3.63, 3.8) is 0 Å². The summed E-state index contributed by atoms with van der Waals surface area (Å²) in [5, 5.41) is 0. The summed E-state index contributed by atoms with van der Waals surface area (Å²) < 4.78 is 10.1. The molecule has 96 valence electrons. The van der Waals surface area contributed by atoms with Gasteiger partial charge in [0.15, 0.2) is 0 Å². The minimum Gasteiger partial charge on any atom is -0.494 e. The molecule has 1 rings (SSSR count). The summed E-state index contributed by atoms with van der Waals surface area (Å²) in [5.41, 5.74) is 1.05. The van der Waals surface area contributed by atoms with Crippen molar-refractivity contribution in [3.8, 4) is 5.75 Å². The SMILES string of the molecule is CCOC(=O)C=CC=Cc1ccc(OCC)cc1. The van der Waals surface area contributed by atoms with Gasteiger partial charge in [-0.25, -0.2) is 4.79 Å². The number of esters is 1. The molecule has 0 aliphatic rings. The Hall–Kier alpha value is -2.03. The first-order valence-corrected chi connectivity index (χ1v) is 6.00. The van der Waals surface area contributed by atoms with Crippen LogP contribution in [0.15, 0.2) is 42.5 Å². The van der Waals surface area contributed by atoms with E-state index in [9.17, 15) is 4.79 Å². The number of allylic oxidation sites excluding steroid dienone is 2. The molecule has 0 heterocycles. The lowest BCUT2D eigenvalue weighted by molar-refractivity contribution is -0.137. The second kappa shape index (κ2) is 8.12. The number of ether oxygens (including phenoxy) is 2. The summed E-state index contributed by atoms with van der Waals surface area (Å²) in [4.78, 5) is 11.0. The maximum absolute atomic E-state index is 11.0. The Morgan fingerprint density at radius 3 is 2.44 bits per heavy atom. The van der Waals surface area contributed by atoms with E-state index in [0.717, 1.165) is 11.3 Å². The van der Waals surface area contributed by atoms with Crippen LogP contribution < -0.4 is 4.74 Å². The highest BCUT2D eigenvalue weighted by molar-refractivity contribution is 5.82. The molecular formula is C15H18O3. The van der Waals surface area contributed by atoms with Crippen LogP contribution in [0, 0.1) is 0 Å². The molecule has 0 radical (unpaired) electrons. The molecule has 0 saturated heterocycles. The highest BCUT2D eigenvalue weighted by Gasteiger charge is 1.92. The van der Waals surface area contributed by atoms with E-state index in [0.29, 0.717) is 13.2 Å². The van der Waals surface area contributed by atoms with Crippen LogP contribution in [0.2, 0.25) is 0 Å². The van der Waals surface area contributed by atoms with Gasteiger partial charge in [-0.15, -0.1) is 0 Å². The zero-order valence-corrected chi connectivity index (χ0v) is 10.8. The number of hydrogen-bond donors (Lipinski definition) is 0. The monoisotopic (exact) mass is 246 g/mol. The topological polar surface area (TPSA) is 35.5 Å². The van der Waals surface area contributed by atoms with Crippen LogP contribution in [-0.2, 0) is 9.53 Å². The molecule has 0 amide bonds. The first-order chi connectivity index (χ1) is 8.76. The molecule has 0 atom stereocenters. The Balaban J connectivity index is 2.49. The minimum atomic E-state index is -0.325. The second-order valence-corrected chi connectivity index (χ2v) is 3.47. The number of carbonyl (C=O) groups excluding carboxylic acids is 1. The van der Waals surface area contributed by atoms with Crippen LogP contribution >= 0.6 is 0 Å². The van der Waals surface area contributed by atoms with Gasteiger partial charge in [0.25, 0.3) is 0 Å². The van der Waals surface area contributed by atoms with E-state index in [1.165, 1.54) is 6.08 Å². The number of hydrogen-bond acceptors (Lipinski definition) is 3. The smallest absolute Gasteiger partial charge is 0.330 e. The number of benzene rings is 1. The molecule has 18 heavy (non-hydrogen) atoms. The summed E-state index contributed by atoms with van der Waals surface area (Å²) in [5.74, 6) is 0.533. The largest absolute Gasteiger partial charge is 0.494 e. The highest BCUT2D eigenvalue weighted by atomic mass is 16.5. The van der Waals surface area contributed by atoms with Crippen LogP contribution in [0.1, 0.15) is 19.4 Å². The van der Waals surface area contributed by atoms with Gasteiger partial charge in [-0.1, -0.05) is 30.4 Å². The fraction of sp³-hybridized carbons (Fsp3) is 0.267. The van der Waals surface area contributed by atoms with Gasteiger partial charge >= 0.3 is 5.97 Å². The van der Waals surface area contributed by atoms with Crippen molar-refractivity contribution in [2.45, 2.75) is 13.8 Å². The molecule has 1 aromatic carbocycles. The third-order valence-electron chi connectivity index (χ3n) is 2.11. The summed E-state index contributed by atoms with van der Waals surface area (Å²) in [6.45, 7) is 4.79. The molecule has 0 aliphatic heterocycles. The Morgan fingerprint density at radius 1 is 1.11 bits per heavy atom. The van der Waals surface area contributed by atoms with Gasteiger partial charge in [-0.05, 0) is 31.5 Å². The van der Waals surface area contributed by atoms with E-state index in [2.05, 4.69) is 0 Å². The molecule has 0 spiro atoms. The van der Waals surface area contributed by atoms with Crippen molar-refractivity contribution in [2.24, 2.45) is 0 Å². The molecule has 0 bridgehead atoms. The lowest BCUT2D eigenvalue weighted by Gasteiger charge is -2.01. The Morgan fingerprint density at radius 2 is 1.83 bits per heavy atom. The molecule has 0 fully saturated rings. The van der Waals surface area contributed by atoms with E-state index in [1.807, 2.05) is 37.3 Å². The Bertz CT molecular complexity index is 416. The number of rotatable bonds is 6.